The molecule has 0 fully saturated rings. The van der Waals surface area contributed by atoms with Crippen LogP contribution in [-0.4, -0.2) is 23.9 Å². The Kier molecular flexibility index (Phi) is 2.94. The van der Waals surface area contributed by atoms with Crippen molar-refractivity contribution in [2.45, 2.75) is 13.0 Å². The smallest absolute Gasteiger partial charge is 0.179 e. The quantitative estimate of drug-likeness (QED) is 0.674. The lowest BCUT2D eigenvalue weighted by atomic mass is 10.1. The molecule has 0 amide bonds. The largest absolute Gasteiger partial charge is 0.310 e. The lowest BCUT2D eigenvalue weighted by molar-refractivity contribution is 0.0955. The highest BCUT2D eigenvalue weighted by atomic mass is 16.1. The molecule has 3 nitrogen and oxygen atoms in total. The standard InChI is InChI=1S/C9H12N2O/c1-7(10-2)9(12)8-3-5-11-6-4-8/h3-7,10H,1-2H3. The maximum atomic E-state index is 11.5. The summed E-state index contributed by atoms with van der Waals surface area (Å²) in [5, 5.41) is 2.89. The summed E-state index contributed by atoms with van der Waals surface area (Å²) >= 11 is 0. The number of ketones is 1. The van der Waals surface area contributed by atoms with Crippen molar-refractivity contribution in [3.8, 4) is 0 Å². The van der Waals surface area contributed by atoms with E-state index < -0.39 is 0 Å². The minimum absolute atomic E-state index is 0.0971. The molecule has 1 aromatic rings. The maximum absolute atomic E-state index is 11.5. The first-order chi connectivity index (χ1) is 5.75. The van der Waals surface area contributed by atoms with Crippen LogP contribution in [0.2, 0.25) is 0 Å². The Balaban J connectivity index is 2.79. The normalized spacial score (nSPS) is 12.5. The Morgan fingerprint density at radius 2 is 2.08 bits per heavy atom. The molecule has 0 spiro atoms. The Bertz CT molecular complexity index is 258. The summed E-state index contributed by atoms with van der Waals surface area (Å²) in [6.07, 6.45) is 3.24. The zero-order valence-electron chi connectivity index (χ0n) is 7.24. The monoisotopic (exact) mass is 164 g/mol. The molecule has 1 heterocycles. The van der Waals surface area contributed by atoms with E-state index in [-0.39, 0.29) is 11.8 Å². The van der Waals surface area contributed by atoms with E-state index in [4.69, 9.17) is 0 Å². The van der Waals surface area contributed by atoms with Crippen LogP contribution in [0.5, 0.6) is 0 Å². The summed E-state index contributed by atoms with van der Waals surface area (Å²) in [6, 6.07) is 3.30. The number of pyridine rings is 1. The van der Waals surface area contributed by atoms with Crippen LogP contribution in [0, 0.1) is 0 Å². The van der Waals surface area contributed by atoms with E-state index in [1.54, 1.807) is 31.6 Å². The van der Waals surface area contributed by atoms with Crippen LogP contribution >= 0.6 is 0 Å². The van der Waals surface area contributed by atoms with Gasteiger partial charge in [-0.3, -0.25) is 9.78 Å². The first kappa shape index (κ1) is 8.87. The van der Waals surface area contributed by atoms with Gasteiger partial charge in [0.25, 0.3) is 0 Å². The topological polar surface area (TPSA) is 42.0 Å². The summed E-state index contributed by atoms with van der Waals surface area (Å²) in [4.78, 5) is 15.3. The fourth-order valence-corrected chi connectivity index (χ4v) is 0.897. The predicted molar refractivity (Wildman–Crippen MR) is 47.1 cm³/mol. The van der Waals surface area contributed by atoms with Crippen molar-refractivity contribution in [3.05, 3.63) is 30.1 Å². The average Bonchev–Trinajstić information content (AvgIpc) is 2.17. The van der Waals surface area contributed by atoms with Crippen molar-refractivity contribution in [2.75, 3.05) is 7.05 Å². The first-order valence-corrected chi connectivity index (χ1v) is 3.87. The van der Waals surface area contributed by atoms with Crippen LogP contribution in [0.15, 0.2) is 24.5 Å². The molecule has 0 aliphatic heterocycles. The number of carbonyl (C=O) groups excluding carboxylic acids is 1. The molecule has 0 bridgehead atoms. The molecule has 0 saturated heterocycles. The van der Waals surface area contributed by atoms with E-state index in [0.29, 0.717) is 5.56 Å². The van der Waals surface area contributed by atoms with Crippen LogP contribution in [0.4, 0.5) is 0 Å². The molecule has 3 heteroatoms. The van der Waals surface area contributed by atoms with Crippen LogP contribution < -0.4 is 5.32 Å². The molecule has 1 aromatic heterocycles. The van der Waals surface area contributed by atoms with Gasteiger partial charge in [-0.25, -0.2) is 0 Å². The number of likely N-dealkylation sites (N-methyl/N-ethyl adjacent to an activating group) is 1. The molecule has 12 heavy (non-hydrogen) atoms. The Morgan fingerprint density at radius 3 is 2.58 bits per heavy atom. The first-order valence-electron chi connectivity index (χ1n) is 3.87. The zero-order valence-corrected chi connectivity index (χ0v) is 7.24. The highest BCUT2D eigenvalue weighted by molar-refractivity contribution is 5.99. The molecule has 1 atom stereocenters. The number of aromatic nitrogens is 1. The van der Waals surface area contributed by atoms with Gasteiger partial charge in [-0.15, -0.1) is 0 Å². The fourth-order valence-electron chi connectivity index (χ4n) is 0.897. The second kappa shape index (κ2) is 3.97. The van der Waals surface area contributed by atoms with E-state index in [1.807, 2.05) is 6.92 Å². The van der Waals surface area contributed by atoms with Crippen LogP contribution in [-0.2, 0) is 0 Å². The predicted octanol–water partition coefficient (Wildman–Crippen LogP) is 0.872. The van der Waals surface area contributed by atoms with Crippen molar-refractivity contribution in [1.82, 2.24) is 10.3 Å². The van der Waals surface area contributed by atoms with Gasteiger partial charge < -0.3 is 5.32 Å². The summed E-state index contributed by atoms with van der Waals surface area (Å²) in [6.45, 7) is 1.84. The zero-order chi connectivity index (χ0) is 8.97. The molecule has 0 aliphatic carbocycles. The summed E-state index contributed by atoms with van der Waals surface area (Å²) < 4.78 is 0. The van der Waals surface area contributed by atoms with Gasteiger partial charge in [0.15, 0.2) is 5.78 Å². The molecule has 1 unspecified atom stereocenters. The highest BCUT2D eigenvalue weighted by Gasteiger charge is 2.11. The van der Waals surface area contributed by atoms with Crippen LogP contribution in [0.25, 0.3) is 0 Å². The molecule has 0 radical (unpaired) electrons. The number of Topliss-reactive ketones (excluding diaryl/α,β-unsaturated/α-hetero) is 1. The molecule has 64 valence electrons. The molecule has 1 rings (SSSR count). The van der Waals surface area contributed by atoms with Gasteiger partial charge in [-0.2, -0.15) is 0 Å². The minimum atomic E-state index is -0.132. The third kappa shape index (κ3) is 1.89. The lowest BCUT2D eigenvalue weighted by Gasteiger charge is -2.07. The second-order valence-electron chi connectivity index (χ2n) is 2.61. The molecule has 0 aliphatic rings. The molecular weight excluding hydrogens is 152 g/mol. The van der Waals surface area contributed by atoms with Crippen molar-refractivity contribution >= 4 is 5.78 Å². The van der Waals surface area contributed by atoms with Crippen LogP contribution in [0.3, 0.4) is 0 Å². The van der Waals surface area contributed by atoms with E-state index in [1.165, 1.54) is 0 Å². The number of carbonyl (C=O) groups is 1. The van der Waals surface area contributed by atoms with Gasteiger partial charge in [-0.05, 0) is 26.1 Å². The minimum Gasteiger partial charge on any atom is -0.310 e. The Morgan fingerprint density at radius 1 is 1.50 bits per heavy atom. The number of hydrogen-bond acceptors (Lipinski definition) is 3. The van der Waals surface area contributed by atoms with Crippen molar-refractivity contribution in [1.29, 1.82) is 0 Å². The summed E-state index contributed by atoms with van der Waals surface area (Å²) in [7, 11) is 1.77. The van der Waals surface area contributed by atoms with E-state index >= 15 is 0 Å². The van der Waals surface area contributed by atoms with E-state index in [9.17, 15) is 4.79 Å². The van der Waals surface area contributed by atoms with Gasteiger partial charge >= 0.3 is 0 Å². The fraction of sp³-hybridized carbons (Fsp3) is 0.333. The summed E-state index contributed by atoms with van der Waals surface area (Å²) in [5.74, 6) is 0.0971. The number of hydrogen-bond donors (Lipinski definition) is 1. The maximum Gasteiger partial charge on any atom is 0.179 e. The van der Waals surface area contributed by atoms with E-state index in [2.05, 4.69) is 10.3 Å². The SMILES string of the molecule is CNC(C)C(=O)c1ccncc1. The highest BCUT2D eigenvalue weighted by Crippen LogP contribution is 2.00. The van der Waals surface area contributed by atoms with Gasteiger partial charge in [0.2, 0.25) is 0 Å². The van der Waals surface area contributed by atoms with Gasteiger partial charge in [0, 0.05) is 18.0 Å². The molecule has 1 N–H and O–H groups in total. The lowest BCUT2D eigenvalue weighted by Crippen LogP contribution is -2.30. The third-order valence-electron chi connectivity index (χ3n) is 1.79. The average molecular weight is 164 g/mol. The van der Waals surface area contributed by atoms with Crippen LogP contribution in [0.1, 0.15) is 17.3 Å². The van der Waals surface area contributed by atoms with Crippen molar-refractivity contribution < 1.29 is 4.79 Å². The molecule has 0 aromatic carbocycles. The third-order valence-corrected chi connectivity index (χ3v) is 1.79. The van der Waals surface area contributed by atoms with E-state index in [0.717, 1.165) is 0 Å². The Labute approximate surface area is 71.8 Å². The van der Waals surface area contributed by atoms with Crippen molar-refractivity contribution in [2.24, 2.45) is 0 Å². The molecule has 0 saturated carbocycles. The second-order valence-corrected chi connectivity index (χ2v) is 2.61. The van der Waals surface area contributed by atoms with Crippen molar-refractivity contribution in [3.63, 3.8) is 0 Å². The van der Waals surface area contributed by atoms with Gasteiger partial charge in [-0.1, -0.05) is 0 Å². The number of nitrogens with one attached hydrogen (secondary N) is 1. The van der Waals surface area contributed by atoms with Gasteiger partial charge in [0.1, 0.15) is 0 Å². The number of rotatable bonds is 3. The molecular formula is C9H12N2O. The van der Waals surface area contributed by atoms with Gasteiger partial charge in [0.05, 0.1) is 6.04 Å². The summed E-state index contributed by atoms with van der Waals surface area (Å²) in [5.41, 5.74) is 0.701. The Hall–Kier alpha value is -1.22. The number of nitrogens with zero attached hydrogens (tertiary/aromatic N) is 1.